The average molecular weight is 293 g/mol. The first-order valence-corrected chi connectivity index (χ1v) is 7.35. The Morgan fingerprint density at radius 3 is 2.67 bits per heavy atom. The van der Waals surface area contributed by atoms with Crippen LogP contribution >= 0.6 is 0 Å². The molecule has 6 nitrogen and oxygen atoms in total. The minimum atomic E-state index is -0.246. The fourth-order valence-electron chi connectivity index (χ4n) is 2.69. The SMILES string of the molecule is Cc1cc(=O)n(C)cc1NC(=O)NC1CCC(CO)CC1. The van der Waals surface area contributed by atoms with Crippen molar-refractivity contribution in [2.24, 2.45) is 13.0 Å². The number of aryl methyl sites for hydroxylation is 2. The van der Waals surface area contributed by atoms with Crippen LogP contribution in [0.2, 0.25) is 0 Å². The highest BCUT2D eigenvalue weighted by molar-refractivity contribution is 5.90. The molecule has 6 heteroatoms. The summed E-state index contributed by atoms with van der Waals surface area (Å²) in [6.07, 6.45) is 5.30. The third-order valence-electron chi connectivity index (χ3n) is 4.12. The lowest BCUT2D eigenvalue weighted by atomic mass is 9.87. The van der Waals surface area contributed by atoms with Gasteiger partial charge in [-0.1, -0.05) is 0 Å². The monoisotopic (exact) mass is 293 g/mol. The van der Waals surface area contributed by atoms with Crippen molar-refractivity contribution in [3.63, 3.8) is 0 Å². The van der Waals surface area contributed by atoms with Crippen molar-refractivity contribution in [3.8, 4) is 0 Å². The number of carbonyl (C=O) groups is 1. The van der Waals surface area contributed by atoms with Crippen LogP contribution in [-0.2, 0) is 7.05 Å². The molecule has 116 valence electrons. The van der Waals surface area contributed by atoms with Gasteiger partial charge in [-0.15, -0.1) is 0 Å². The molecule has 1 aromatic rings. The molecule has 1 aromatic heterocycles. The highest BCUT2D eigenvalue weighted by atomic mass is 16.3. The molecule has 0 unspecified atom stereocenters. The number of nitrogens with one attached hydrogen (secondary N) is 2. The van der Waals surface area contributed by atoms with Gasteiger partial charge in [0.25, 0.3) is 5.56 Å². The van der Waals surface area contributed by atoms with Gasteiger partial charge < -0.3 is 20.3 Å². The van der Waals surface area contributed by atoms with Crippen LogP contribution in [-0.4, -0.2) is 28.4 Å². The Balaban J connectivity index is 1.91. The molecule has 1 aliphatic rings. The van der Waals surface area contributed by atoms with Crippen LogP contribution in [0.15, 0.2) is 17.1 Å². The van der Waals surface area contributed by atoms with E-state index in [0.717, 1.165) is 31.2 Å². The number of hydrogen-bond acceptors (Lipinski definition) is 3. The van der Waals surface area contributed by atoms with E-state index < -0.39 is 0 Å². The first-order chi connectivity index (χ1) is 9.99. The number of carbonyl (C=O) groups excluding carboxylic acids is 1. The highest BCUT2D eigenvalue weighted by Crippen LogP contribution is 2.23. The minimum absolute atomic E-state index is 0.0965. The van der Waals surface area contributed by atoms with E-state index >= 15 is 0 Å². The molecule has 2 amide bonds. The van der Waals surface area contributed by atoms with Crippen molar-refractivity contribution in [1.82, 2.24) is 9.88 Å². The van der Waals surface area contributed by atoms with Crippen molar-refractivity contribution < 1.29 is 9.90 Å². The zero-order valence-corrected chi connectivity index (χ0v) is 12.6. The third-order valence-corrected chi connectivity index (χ3v) is 4.12. The van der Waals surface area contributed by atoms with Crippen LogP contribution in [0.1, 0.15) is 31.2 Å². The van der Waals surface area contributed by atoms with Crippen molar-refractivity contribution >= 4 is 11.7 Å². The van der Waals surface area contributed by atoms with Gasteiger partial charge in [0.05, 0.1) is 5.69 Å². The molecular formula is C15H23N3O3. The zero-order chi connectivity index (χ0) is 15.4. The van der Waals surface area contributed by atoms with Crippen molar-refractivity contribution in [1.29, 1.82) is 0 Å². The molecule has 1 saturated carbocycles. The second-order valence-corrected chi connectivity index (χ2v) is 5.82. The summed E-state index contributed by atoms with van der Waals surface area (Å²) < 4.78 is 1.44. The van der Waals surface area contributed by atoms with Gasteiger partial charge in [-0.2, -0.15) is 0 Å². The molecule has 0 aromatic carbocycles. The Morgan fingerprint density at radius 1 is 1.38 bits per heavy atom. The normalized spacial score (nSPS) is 21.9. The Bertz CT molecular complexity index is 560. The summed E-state index contributed by atoms with van der Waals surface area (Å²) in [5.74, 6) is 0.372. The summed E-state index contributed by atoms with van der Waals surface area (Å²) in [6, 6.07) is 1.41. The smallest absolute Gasteiger partial charge is 0.319 e. The number of amides is 2. The molecule has 0 radical (unpaired) electrons. The third kappa shape index (κ3) is 4.07. The average Bonchev–Trinajstić information content (AvgIpc) is 2.45. The number of aromatic nitrogens is 1. The predicted octanol–water partition coefficient (Wildman–Crippen LogP) is 1.37. The Hall–Kier alpha value is -1.82. The number of hydrogen-bond donors (Lipinski definition) is 3. The van der Waals surface area contributed by atoms with Crippen molar-refractivity contribution in [2.45, 2.75) is 38.6 Å². The number of anilines is 1. The number of nitrogens with zero attached hydrogens (tertiary/aromatic N) is 1. The van der Waals surface area contributed by atoms with Gasteiger partial charge in [0.1, 0.15) is 0 Å². The van der Waals surface area contributed by atoms with Gasteiger partial charge in [0, 0.05) is 32.0 Å². The van der Waals surface area contributed by atoms with Crippen molar-refractivity contribution in [2.75, 3.05) is 11.9 Å². The molecular weight excluding hydrogens is 270 g/mol. The minimum Gasteiger partial charge on any atom is -0.396 e. The molecule has 0 spiro atoms. The maximum absolute atomic E-state index is 12.0. The summed E-state index contributed by atoms with van der Waals surface area (Å²) in [5.41, 5.74) is 1.29. The number of aliphatic hydroxyl groups is 1. The molecule has 0 bridgehead atoms. The topological polar surface area (TPSA) is 83.4 Å². The predicted molar refractivity (Wildman–Crippen MR) is 81.4 cm³/mol. The molecule has 0 atom stereocenters. The summed E-state index contributed by atoms with van der Waals surface area (Å²) >= 11 is 0. The van der Waals surface area contributed by atoms with E-state index in [9.17, 15) is 9.59 Å². The second kappa shape index (κ2) is 6.76. The van der Waals surface area contributed by atoms with Crippen molar-refractivity contribution in [3.05, 3.63) is 28.2 Å². The standard InChI is InChI=1S/C15H23N3O3/c1-10-7-14(20)18(2)8-13(10)17-15(21)16-12-5-3-11(9-19)4-6-12/h7-8,11-12,19H,3-6,9H2,1-2H3,(H2,16,17,21). The van der Waals surface area contributed by atoms with Gasteiger partial charge in [0.15, 0.2) is 0 Å². The number of pyridine rings is 1. The molecule has 3 N–H and O–H groups in total. The van der Waals surface area contributed by atoms with Gasteiger partial charge in [0.2, 0.25) is 0 Å². The summed E-state index contributed by atoms with van der Waals surface area (Å²) in [6.45, 7) is 2.03. The molecule has 0 saturated heterocycles. The van der Waals surface area contributed by atoms with Gasteiger partial charge in [-0.25, -0.2) is 4.79 Å². The van der Waals surface area contributed by atoms with Crippen LogP contribution in [0.25, 0.3) is 0 Å². The van der Waals surface area contributed by atoms with Crippen LogP contribution in [0.5, 0.6) is 0 Å². The van der Waals surface area contributed by atoms with Gasteiger partial charge >= 0.3 is 6.03 Å². The fraction of sp³-hybridized carbons (Fsp3) is 0.600. The largest absolute Gasteiger partial charge is 0.396 e. The maximum atomic E-state index is 12.0. The van der Waals surface area contributed by atoms with Gasteiger partial charge in [-0.05, 0) is 44.1 Å². The lowest BCUT2D eigenvalue weighted by Gasteiger charge is -2.28. The van der Waals surface area contributed by atoms with Crippen LogP contribution < -0.4 is 16.2 Å². The Morgan fingerprint density at radius 2 is 2.05 bits per heavy atom. The first kappa shape index (κ1) is 15.6. The van der Waals surface area contributed by atoms with E-state index in [4.69, 9.17) is 5.11 Å². The number of aliphatic hydroxyl groups excluding tert-OH is 1. The highest BCUT2D eigenvalue weighted by Gasteiger charge is 2.21. The van der Waals surface area contributed by atoms with E-state index in [0.29, 0.717) is 11.6 Å². The number of rotatable bonds is 3. The summed E-state index contributed by atoms with van der Waals surface area (Å²) in [7, 11) is 1.65. The Kier molecular flexibility index (Phi) is 5.01. The molecule has 21 heavy (non-hydrogen) atoms. The molecule has 1 aliphatic carbocycles. The molecule has 2 rings (SSSR count). The Labute approximate surface area is 124 Å². The fourth-order valence-corrected chi connectivity index (χ4v) is 2.69. The lowest BCUT2D eigenvalue weighted by molar-refractivity contribution is 0.176. The molecule has 1 heterocycles. The van der Waals surface area contributed by atoms with Gasteiger partial charge in [-0.3, -0.25) is 4.79 Å². The van der Waals surface area contributed by atoms with E-state index in [2.05, 4.69) is 10.6 Å². The number of urea groups is 1. The maximum Gasteiger partial charge on any atom is 0.319 e. The quantitative estimate of drug-likeness (QED) is 0.787. The van der Waals surface area contributed by atoms with E-state index in [1.54, 1.807) is 20.2 Å². The van der Waals surface area contributed by atoms with E-state index in [1.165, 1.54) is 10.6 Å². The van der Waals surface area contributed by atoms with Crippen LogP contribution in [0.3, 0.4) is 0 Å². The second-order valence-electron chi connectivity index (χ2n) is 5.82. The van der Waals surface area contributed by atoms with E-state index in [-0.39, 0.29) is 24.2 Å². The van der Waals surface area contributed by atoms with Crippen LogP contribution in [0.4, 0.5) is 10.5 Å². The first-order valence-electron chi connectivity index (χ1n) is 7.35. The zero-order valence-electron chi connectivity index (χ0n) is 12.6. The molecule has 1 fully saturated rings. The molecule has 0 aliphatic heterocycles. The van der Waals surface area contributed by atoms with E-state index in [1.807, 2.05) is 0 Å². The van der Waals surface area contributed by atoms with Crippen LogP contribution in [0, 0.1) is 12.8 Å². The lowest BCUT2D eigenvalue weighted by Crippen LogP contribution is -2.40. The summed E-state index contributed by atoms with van der Waals surface area (Å²) in [4.78, 5) is 23.5. The summed E-state index contributed by atoms with van der Waals surface area (Å²) in [5, 5.41) is 14.9.